The Morgan fingerprint density at radius 1 is 1.21 bits per heavy atom. The van der Waals surface area contributed by atoms with Gasteiger partial charge in [-0.3, -0.25) is 0 Å². The summed E-state index contributed by atoms with van der Waals surface area (Å²) >= 11 is 3.66. The summed E-state index contributed by atoms with van der Waals surface area (Å²) in [6, 6.07) is 4.46. The number of benzene rings is 1. The molecule has 1 heterocycles. The van der Waals surface area contributed by atoms with Crippen molar-refractivity contribution in [2.45, 2.75) is 33.2 Å². The second kappa shape index (κ2) is 6.62. The third-order valence-corrected chi connectivity index (χ3v) is 3.98. The molecule has 0 radical (unpaired) electrons. The third-order valence-electron chi connectivity index (χ3n) is 3.29. The molecule has 1 aliphatic rings. The summed E-state index contributed by atoms with van der Waals surface area (Å²) in [7, 11) is 0. The van der Waals surface area contributed by atoms with Crippen molar-refractivity contribution in [3.05, 3.63) is 22.2 Å². The minimum Gasteiger partial charge on any atom is -0.490 e. The van der Waals surface area contributed by atoms with E-state index in [9.17, 15) is 0 Å². The van der Waals surface area contributed by atoms with Crippen LogP contribution in [-0.2, 0) is 0 Å². The van der Waals surface area contributed by atoms with Crippen LogP contribution in [0.25, 0.3) is 0 Å². The highest BCUT2D eigenvalue weighted by molar-refractivity contribution is 9.10. The molecule has 0 amide bonds. The molecule has 19 heavy (non-hydrogen) atoms. The van der Waals surface area contributed by atoms with Crippen molar-refractivity contribution in [2.24, 2.45) is 5.92 Å². The highest BCUT2D eigenvalue weighted by atomic mass is 79.9. The van der Waals surface area contributed by atoms with Gasteiger partial charge in [-0.1, -0.05) is 36.7 Å². The van der Waals surface area contributed by atoms with Crippen LogP contribution in [0.2, 0.25) is 0 Å². The van der Waals surface area contributed by atoms with Gasteiger partial charge in [0.15, 0.2) is 11.5 Å². The van der Waals surface area contributed by atoms with Crippen LogP contribution in [0, 0.1) is 5.92 Å². The normalized spacial score (nSPS) is 16.3. The first-order valence-corrected chi connectivity index (χ1v) is 7.75. The first-order chi connectivity index (χ1) is 9.13. The molecule has 0 aromatic heterocycles. The van der Waals surface area contributed by atoms with Gasteiger partial charge in [0.1, 0.15) is 0 Å². The van der Waals surface area contributed by atoms with Crippen LogP contribution in [0.3, 0.4) is 0 Å². The van der Waals surface area contributed by atoms with E-state index in [0.717, 1.165) is 42.2 Å². The summed E-state index contributed by atoms with van der Waals surface area (Å²) in [5.41, 5.74) is 1.24. The lowest BCUT2D eigenvalue weighted by atomic mass is 9.95. The Bertz CT molecular complexity index is 434. The van der Waals surface area contributed by atoms with E-state index in [1.165, 1.54) is 5.56 Å². The lowest BCUT2D eigenvalue weighted by molar-refractivity contribution is 0.296. The van der Waals surface area contributed by atoms with Crippen molar-refractivity contribution in [1.82, 2.24) is 5.32 Å². The average molecular weight is 328 g/mol. The molecule has 1 aromatic carbocycles. The van der Waals surface area contributed by atoms with Gasteiger partial charge >= 0.3 is 0 Å². The van der Waals surface area contributed by atoms with Crippen molar-refractivity contribution in [1.29, 1.82) is 0 Å². The maximum Gasteiger partial charge on any atom is 0.162 e. The van der Waals surface area contributed by atoms with Gasteiger partial charge in [0.2, 0.25) is 0 Å². The van der Waals surface area contributed by atoms with Crippen LogP contribution < -0.4 is 14.8 Å². The number of rotatable bonds is 4. The van der Waals surface area contributed by atoms with E-state index in [4.69, 9.17) is 9.47 Å². The molecule has 0 saturated heterocycles. The zero-order valence-corrected chi connectivity index (χ0v) is 13.4. The molecule has 2 rings (SSSR count). The van der Waals surface area contributed by atoms with Crippen molar-refractivity contribution < 1.29 is 9.47 Å². The fourth-order valence-corrected chi connectivity index (χ4v) is 2.93. The predicted octanol–water partition coefficient (Wildman–Crippen LogP) is 3.92. The van der Waals surface area contributed by atoms with Crippen molar-refractivity contribution in [3.8, 4) is 11.5 Å². The largest absolute Gasteiger partial charge is 0.490 e. The number of halogens is 1. The van der Waals surface area contributed by atoms with Crippen LogP contribution >= 0.6 is 15.9 Å². The molecule has 1 aromatic rings. The Hall–Kier alpha value is -0.740. The highest BCUT2D eigenvalue weighted by Crippen LogP contribution is 2.39. The fraction of sp³-hybridized carbons (Fsp3) is 0.600. The van der Waals surface area contributed by atoms with E-state index < -0.39 is 0 Å². The molecule has 0 saturated carbocycles. The Labute approximate surface area is 123 Å². The Morgan fingerprint density at radius 3 is 2.42 bits per heavy atom. The van der Waals surface area contributed by atoms with Crippen LogP contribution in [0.15, 0.2) is 16.6 Å². The Kier molecular flexibility index (Phi) is 5.11. The van der Waals surface area contributed by atoms with Crippen molar-refractivity contribution in [2.75, 3.05) is 19.8 Å². The molecule has 0 bridgehead atoms. The molecular weight excluding hydrogens is 306 g/mol. The van der Waals surface area contributed by atoms with Gasteiger partial charge in [0.25, 0.3) is 0 Å². The SMILES string of the molecule is CCNC(c1cc2c(cc1Br)OCCCO2)C(C)C. The van der Waals surface area contributed by atoms with E-state index >= 15 is 0 Å². The number of fused-ring (bicyclic) bond motifs is 1. The highest BCUT2D eigenvalue weighted by Gasteiger charge is 2.21. The minimum absolute atomic E-state index is 0.316. The van der Waals surface area contributed by atoms with Gasteiger partial charge in [-0.2, -0.15) is 0 Å². The number of hydrogen-bond acceptors (Lipinski definition) is 3. The molecule has 1 unspecified atom stereocenters. The van der Waals surface area contributed by atoms with Gasteiger partial charge < -0.3 is 14.8 Å². The smallest absolute Gasteiger partial charge is 0.162 e. The Morgan fingerprint density at radius 2 is 1.84 bits per heavy atom. The van der Waals surface area contributed by atoms with E-state index in [1.807, 2.05) is 6.07 Å². The van der Waals surface area contributed by atoms with E-state index in [2.05, 4.69) is 48.1 Å². The van der Waals surface area contributed by atoms with Gasteiger partial charge in [-0.05, 0) is 30.2 Å². The minimum atomic E-state index is 0.316. The Balaban J connectivity index is 2.37. The summed E-state index contributed by atoms with van der Waals surface area (Å²) in [6.07, 6.45) is 0.933. The lowest BCUT2D eigenvalue weighted by Crippen LogP contribution is -2.25. The summed E-state index contributed by atoms with van der Waals surface area (Å²) in [4.78, 5) is 0. The molecule has 0 spiro atoms. The summed E-state index contributed by atoms with van der Waals surface area (Å²) in [5, 5.41) is 3.54. The molecule has 106 valence electrons. The standard InChI is InChI=1S/C15H22BrNO2/c1-4-17-15(10(2)3)11-8-13-14(9-12(11)16)19-7-5-6-18-13/h8-10,15,17H,4-7H2,1-3H3. The number of ether oxygens (including phenoxy) is 2. The van der Waals surface area contributed by atoms with Gasteiger partial charge in [-0.15, -0.1) is 0 Å². The summed E-state index contributed by atoms with van der Waals surface area (Å²) in [6.45, 7) is 8.98. The van der Waals surface area contributed by atoms with Gasteiger partial charge in [0, 0.05) is 16.9 Å². The molecule has 0 fully saturated rings. The molecule has 1 atom stereocenters. The number of hydrogen-bond donors (Lipinski definition) is 1. The average Bonchev–Trinajstić information content (AvgIpc) is 2.59. The van der Waals surface area contributed by atoms with Crippen molar-refractivity contribution >= 4 is 15.9 Å². The third kappa shape index (κ3) is 3.42. The topological polar surface area (TPSA) is 30.5 Å². The first-order valence-electron chi connectivity index (χ1n) is 6.96. The van der Waals surface area contributed by atoms with Gasteiger partial charge in [0.05, 0.1) is 13.2 Å². The first kappa shape index (κ1) is 14.7. The molecule has 0 aliphatic carbocycles. The quantitative estimate of drug-likeness (QED) is 0.909. The van der Waals surface area contributed by atoms with E-state index in [1.54, 1.807) is 0 Å². The maximum atomic E-state index is 5.78. The number of nitrogens with one attached hydrogen (secondary N) is 1. The lowest BCUT2D eigenvalue weighted by Gasteiger charge is -2.24. The zero-order valence-electron chi connectivity index (χ0n) is 11.8. The van der Waals surface area contributed by atoms with Gasteiger partial charge in [-0.25, -0.2) is 0 Å². The monoisotopic (exact) mass is 327 g/mol. The second-order valence-corrected chi connectivity index (χ2v) is 6.00. The summed E-state index contributed by atoms with van der Waals surface area (Å²) < 4.78 is 12.6. The molecular formula is C15H22BrNO2. The van der Waals surface area contributed by atoms with Crippen LogP contribution in [0.4, 0.5) is 0 Å². The zero-order chi connectivity index (χ0) is 13.8. The molecule has 3 nitrogen and oxygen atoms in total. The van der Waals surface area contributed by atoms with Crippen LogP contribution in [0.5, 0.6) is 11.5 Å². The van der Waals surface area contributed by atoms with Crippen LogP contribution in [-0.4, -0.2) is 19.8 Å². The van der Waals surface area contributed by atoms with Crippen molar-refractivity contribution in [3.63, 3.8) is 0 Å². The molecule has 4 heteroatoms. The van der Waals surface area contributed by atoms with E-state index in [-0.39, 0.29) is 0 Å². The molecule has 1 N–H and O–H groups in total. The summed E-state index contributed by atoms with van der Waals surface area (Å²) in [5.74, 6) is 2.22. The fourth-order valence-electron chi connectivity index (χ4n) is 2.36. The maximum absolute atomic E-state index is 5.78. The van der Waals surface area contributed by atoms with E-state index in [0.29, 0.717) is 12.0 Å². The van der Waals surface area contributed by atoms with Crippen LogP contribution in [0.1, 0.15) is 38.8 Å². The predicted molar refractivity (Wildman–Crippen MR) is 81.0 cm³/mol. The molecule has 1 aliphatic heterocycles. The second-order valence-electron chi connectivity index (χ2n) is 5.15.